The predicted octanol–water partition coefficient (Wildman–Crippen LogP) is 1.78. The molecule has 0 saturated heterocycles. The number of ether oxygens (including phenoxy) is 2. The van der Waals surface area contributed by atoms with Gasteiger partial charge in [-0.3, -0.25) is 9.10 Å². The third-order valence-electron chi connectivity index (χ3n) is 3.61. The standard InChI is InChI=1S/C17H28N2O5S/c1-5-16(17(20)18-12-7-13-23-6-2)24-15-10-8-14(9-11-15)19(3)25(4,21)22/h8-11,16H,5-7,12-13H2,1-4H3,(H,18,20)/t16-/m0/s1. The van der Waals surface area contributed by atoms with Crippen LogP contribution in [0.5, 0.6) is 5.75 Å². The molecular weight excluding hydrogens is 344 g/mol. The maximum Gasteiger partial charge on any atom is 0.261 e. The number of rotatable bonds is 11. The fourth-order valence-corrected chi connectivity index (χ4v) is 2.56. The molecule has 0 heterocycles. The maximum absolute atomic E-state index is 12.2. The normalized spacial score (nSPS) is 12.5. The molecule has 25 heavy (non-hydrogen) atoms. The quantitative estimate of drug-likeness (QED) is 0.599. The van der Waals surface area contributed by atoms with Crippen molar-refractivity contribution in [2.24, 2.45) is 0 Å². The molecule has 1 rings (SSSR count). The van der Waals surface area contributed by atoms with Crippen molar-refractivity contribution in [3.8, 4) is 5.75 Å². The highest BCUT2D eigenvalue weighted by atomic mass is 32.2. The van der Waals surface area contributed by atoms with Gasteiger partial charge in [0.15, 0.2) is 6.10 Å². The number of carbonyl (C=O) groups is 1. The van der Waals surface area contributed by atoms with Crippen molar-refractivity contribution >= 4 is 21.6 Å². The van der Waals surface area contributed by atoms with Crippen LogP contribution in [0.15, 0.2) is 24.3 Å². The third-order valence-corrected chi connectivity index (χ3v) is 4.81. The number of hydrogen-bond acceptors (Lipinski definition) is 5. The molecule has 0 fully saturated rings. The van der Waals surface area contributed by atoms with Crippen molar-refractivity contribution in [1.82, 2.24) is 5.32 Å². The Balaban J connectivity index is 2.58. The first-order valence-electron chi connectivity index (χ1n) is 8.35. The van der Waals surface area contributed by atoms with E-state index in [9.17, 15) is 13.2 Å². The first-order chi connectivity index (χ1) is 11.8. The number of carbonyl (C=O) groups excluding carboxylic acids is 1. The SMILES string of the molecule is CCOCCCNC(=O)[C@H](CC)Oc1ccc(N(C)S(C)(=O)=O)cc1. The highest BCUT2D eigenvalue weighted by molar-refractivity contribution is 7.92. The van der Waals surface area contributed by atoms with Gasteiger partial charge in [0.05, 0.1) is 11.9 Å². The van der Waals surface area contributed by atoms with Gasteiger partial charge < -0.3 is 14.8 Å². The molecule has 0 unspecified atom stereocenters. The minimum atomic E-state index is -3.31. The minimum Gasteiger partial charge on any atom is -0.481 e. The van der Waals surface area contributed by atoms with Gasteiger partial charge in [0.2, 0.25) is 10.0 Å². The number of nitrogens with zero attached hydrogens (tertiary/aromatic N) is 1. The Kier molecular flexibility index (Phi) is 8.71. The average Bonchev–Trinajstić information content (AvgIpc) is 2.58. The van der Waals surface area contributed by atoms with Gasteiger partial charge in [0.1, 0.15) is 5.75 Å². The molecule has 0 aliphatic rings. The van der Waals surface area contributed by atoms with E-state index in [-0.39, 0.29) is 5.91 Å². The lowest BCUT2D eigenvalue weighted by Crippen LogP contribution is -2.38. The number of nitrogens with one attached hydrogen (secondary N) is 1. The van der Waals surface area contributed by atoms with Gasteiger partial charge in [0, 0.05) is 26.8 Å². The summed E-state index contributed by atoms with van der Waals surface area (Å²) in [4.78, 5) is 12.2. The van der Waals surface area contributed by atoms with E-state index in [0.29, 0.717) is 37.6 Å². The summed E-state index contributed by atoms with van der Waals surface area (Å²) in [5, 5.41) is 2.83. The lowest BCUT2D eigenvalue weighted by atomic mass is 10.2. The van der Waals surface area contributed by atoms with Crippen LogP contribution < -0.4 is 14.4 Å². The topological polar surface area (TPSA) is 84.9 Å². The molecule has 8 heteroatoms. The van der Waals surface area contributed by atoms with Gasteiger partial charge in [-0.25, -0.2) is 8.42 Å². The van der Waals surface area contributed by atoms with Crippen molar-refractivity contribution in [2.75, 3.05) is 37.4 Å². The van der Waals surface area contributed by atoms with Crippen LogP contribution in [0.25, 0.3) is 0 Å². The molecule has 0 aliphatic heterocycles. The Morgan fingerprint density at radius 1 is 1.24 bits per heavy atom. The van der Waals surface area contributed by atoms with E-state index in [4.69, 9.17) is 9.47 Å². The summed E-state index contributed by atoms with van der Waals surface area (Å²) < 4.78 is 35.2. The molecule has 7 nitrogen and oxygen atoms in total. The zero-order valence-electron chi connectivity index (χ0n) is 15.3. The van der Waals surface area contributed by atoms with Crippen LogP contribution in [0.2, 0.25) is 0 Å². The fourth-order valence-electron chi connectivity index (χ4n) is 2.06. The first-order valence-corrected chi connectivity index (χ1v) is 10.2. The van der Waals surface area contributed by atoms with Crippen LogP contribution in [0.1, 0.15) is 26.7 Å². The van der Waals surface area contributed by atoms with Gasteiger partial charge >= 0.3 is 0 Å². The van der Waals surface area contributed by atoms with Crippen LogP contribution in [0.4, 0.5) is 5.69 Å². The molecule has 0 saturated carbocycles. The van der Waals surface area contributed by atoms with Crippen LogP contribution >= 0.6 is 0 Å². The maximum atomic E-state index is 12.2. The second-order valence-electron chi connectivity index (χ2n) is 5.58. The van der Waals surface area contributed by atoms with Crippen LogP contribution in [0, 0.1) is 0 Å². The Hall–Kier alpha value is -1.80. The fraction of sp³-hybridized carbons (Fsp3) is 0.588. The van der Waals surface area contributed by atoms with Gasteiger partial charge in [0.25, 0.3) is 5.91 Å². The Bertz CT molecular complexity index is 631. The van der Waals surface area contributed by atoms with E-state index < -0.39 is 16.1 Å². The van der Waals surface area contributed by atoms with Crippen LogP contribution in [-0.4, -0.2) is 53.5 Å². The van der Waals surface area contributed by atoms with Crippen molar-refractivity contribution in [3.05, 3.63) is 24.3 Å². The van der Waals surface area contributed by atoms with E-state index in [1.54, 1.807) is 24.3 Å². The van der Waals surface area contributed by atoms with E-state index in [2.05, 4.69) is 5.32 Å². The van der Waals surface area contributed by atoms with E-state index in [1.165, 1.54) is 11.4 Å². The third kappa shape index (κ3) is 7.31. The smallest absolute Gasteiger partial charge is 0.261 e. The van der Waals surface area contributed by atoms with Crippen molar-refractivity contribution in [1.29, 1.82) is 0 Å². The highest BCUT2D eigenvalue weighted by Crippen LogP contribution is 2.21. The monoisotopic (exact) mass is 372 g/mol. The number of amides is 1. The summed E-state index contributed by atoms with van der Waals surface area (Å²) >= 11 is 0. The number of sulfonamides is 1. The highest BCUT2D eigenvalue weighted by Gasteiger charge is 2.18. The molecule has 0 spiro atoms. The Morgan fingerprint density at radius 3 is 2.40 bits per heavy atom. The largest absolute Gasteiger partial charge is 0.481 e. The molecule has 0 bridgehead atoms. The van der Waals surface area contributed by atoms with Crippen molar-refractivity contribution in [2.45, 2.75) is 32.8 Å². The van der Waals surface area contributed by atoms with E-state index in [1.807, 2.05) is 13.8 Å². The molecule has 0 aromatic heterocycles. The molecule has 142 valence electrons. The zero-order chi connectivity index (χ0) is 18.9. The molecule has 1 aromatic carbocycles. The number of anilines is 1. The lowest BCUT2D eigenvalue weighted by Gasteiger charge is -2.19. The number of hydrogen-bond donors (Lipinski definition) is 1. The first kappa shape index (κ1) is 21.2. The molecule has 0 radical (unpaired) electrons. The summed E-state index contributed by atoms with van der Waals surface area (Å²) in [7, 11) is -1.83. The molecular formula is C17H28N2O5S. The van der Waals surface area contributed by atoms with E-state index in [0.717, 1.165) is 12.7 Å². The second kappa shape index (κ2) is 10.2. The van der Waals surface area contributed by atoms with Gasteiger partial charge in [-0.05, 0) is 44.0 Å². The molecule has 1 amide bonds. The summed E-state index contributed by atoms with van der Waals surface area (Å²) in [6.45, 7) is 5.62. The van der Waals surface area contributed by atoms with Crippen LogP contribution in [0.3, 0.4) is 0 Å². The van der Waals surface area contributed by atoms with E-state index >= 15 is 0 Å². The molecule has 1 atom stereocenters. The summed E-state index contributed by atoms with van der Waals surface area (Å²) in [5.74, 6) is 0.346. The Morgan fingerprint density at radius 2 is 1.88 bits per heavy atom. The molecule has 0 aliphatic carbocycles. The Labute approximate surface area is 150 Å². The predicted molar refractivity (Wildman–Crippen MR) is 98.5 cm³/mol. The van der Waals surface area contributed by atoms with Gasteiger partial charge in [-0.2, -0.15) is 0 Å². The van der Waals surface area contributed by atoms with Gasteiger partial charge in [-0.15, -0.1) is 0 Å². The minimum absolute atomic E-state index is 0.170. The molecule has 1 aromatic rings. The summed E-state index contributed by atoms with van der Waals surface area (Å²) in [5.41, 5.74) is 0.531. The van der Waals surface area contributed by atoms with Crippen molar-refractivity contribution in [3.63, 3.8) is 0 Å². The number of benzene rings is 1. The molecule has 1 N–H and O–H groups in total. The zero-order valence-corrected chi connectivity index (χ0v) is 16.1. The summed E-state index contributed by atoms with van der Waals surface area (Å²) in [6.07, 6.45) is 1.83. The summed E-state index contributed by atoms with van der Waals surface area (Å²) in [6, 6.07) is 6.59. The van der Waals surface area contributed by atoms with Crippen molar-refractivity contribution < 1.29 is 22.7 Å². The second-order valence-corrected chi connectivity index (χ2v) is 7.59. The lowest BCUT2D eigenvalue weighted by molar-refractivity contribution is -0.128. The van der Waals surface area contributed by atoms with Crippen LogP contribution in [-0.2, 0) is 19.6 Å². The van der Waals surface area contributed by atoms with Gasteiger partial charge in [-0.1, -0.05) is 6.92 Å². The average molecular weight is 372 g/mol.